The Bertz CT molecular complexity index is 901. The summed E-state index contributed by atoms with van der Waals surface area (Å²) in [5.74, 6) is -4.39. The van der Waals surface area contributed by atoms with Crippen LogP contribution in [0.5, 0.6) is 0 Å². The summed E-state index contributed by atoms with van der Waals surface area (Å²) in [6.07, 6.45) is 0. The average molecular weight is 636 g/mol. The molecule has 0 amide bonds. The van der Waals surface area contributed by atoms with Crippen molar-refractivity contribution in [2.24, 2.45) is 0 Å². The number of hydrogen-bond donors (Lipinski definition) is 0. The van der Waals surface area contributed by atoms with E-state index in [1.807, 2.05) is 0 Å². The van der Waals surface area contributed by atoms with Gasteiger partial charge in [0.2, 0.25) is 0 Å². The van der Waals surface area contributed by atoms with E-state index in [2.05, 4.69) is 0 Å². The van der Waals surface area contributed by atoms with Crippen molar-refractivity contribution in [2.75, 3.05) is 0 Å². The van der Waals surface area contributed by atoms with Crippen molar-refractivity contribution >= 4 is 69.2 Å². The van der Waals surface area contributed by atoms with Crippen molar-refractivity contribution in [1.29, 1.82) is 0 Å². The Morgan fingerprint density at radius 3 is 0.676 bits per heavy atom. The normalized spacial score (nSPS) is 8.47. The minimum absolute atomic E-state index is 0. The summed E-state index contributed by atoms with van der Waals surface area (Å²) in [6.45, 7) is 0. The molecule has 0 aromatic carbocycles. The van der Waals surface area contributed by atoms with Gasteiger partial charge in [-0.2, -0.15) is 0 Å². The monoisotopic (exact) mass is 634 g/mol. The fraction of sp³-hybridized carbons (Fsp3) is 0. The van der Waals surface area contributed by atoms with Gasteiger partial charge in [-0.05, 0) is 45.8 Å². The maximum absolute atomic E-state index is 9.96. The Morgan fingerprint density at radius 1 is 0.441 bits per heavy atom. The van der Waals surface area contributed by atoms with Crippen LogP contribution in [0.3, 0.4) is 0 Å². The number of thiophene rings is 4. The van der Waals surface area contributed by atoms with Gasteiger partial charge in [-0.15, -0.1) is 45.3 Å². The number of hydrogen-bond acceptors (Lipinski definition) is 12. The van der Waals surface area contributed by atoms with E-state index in [4.69, 9.17) is 0 Å². The summed E-state index contributed by atoms with van der Waals surface area (Å²) >= 11 is 4.68. The number of carbonyl (C=O) groups excluding carboxylic acids is 4. The first-order valence-electron chi connectivity index (χ1n) is 8.21. The largest absolute Gasteiger partial charge is 2.00 e. The maximum Gasteiger partial charge on any atom is 2.00 e. The van der Waals surface area contributed by atoms with Crippen LogP contribution < -0.4 is 20.4 Å². The van der Waals surface area contributed by atoms with Gasteiger partial charge in [0.15, 0.2) is 0 Å². The summed E-state index contributed by atoms with van der Waals surface area (Å²) in [5, 5.41) is 46.6. The smallest absolute Gasteiger partial charge is 0.544 e. The number of rotatable bonds is 4. The molecule has 0 spiro atoms. The van der Waals surface area contributed by atoms with Gasteiger partial charge < -0.3 is 39.6 Å². The van der Waals surface area contributed by atoms with Crippen molar-refractivity contribution in [3.05, 3.63) is 89.6 Å². The fourth-order valence-electron chi connectivity index (χ4n) is 1.58. The Morgan fingerprint density at radius 2 is 0.618 bits per heavy atom. The van der Waals surface area contributed by atoms with Gasteiger partial charge in [-0.3, -0.25) is 0 Å². The molecule has 0 saturated heterocycles. The molecule has 34 heavy (non-hydrogen) atoms. The first-order chi connectivity index (χ1) is 15.2. The molecule has 4 heterocycles. The molecule has 0 aliphatic rings. The van der Waals surface area contributed by atoms with Crippen LogP contribution in [-0.2, 0) is 34.1 Å². The third-order valence-corrected chi connectivity index (χ3v) is 6.29. The number of carbonyl (C=O) groups is 4. The first-order valence-corrected chi connectivity index (χ1v) is 11.7. The Kier molecular flexibility index (Phi) is 19.0. The molecule has 0 N–H and O–H groups in total. The summed E-state index contributed by atoms with van der Waals surface area (Å²) in [7, 11) is 0. The van der Waals surface area contributed by atoms with Crippen molar-refractivity contribution in [3.8, 4) is 0 Å². The maximum atomic E-state index is 9.96. The van der Waals surface area contributed by atoms with E-state index >= 15 is 0 Å². The second kappa shape index (κ2) is 19.1. The number of carboxylic acid groups (broad SMARTS) is 4. The topological polar surface area (TPSA) is 161 Å². The summed E-state index contributed by atoms with van der Waals surface area (Å²) in [4.78, 5) is 41.0. The van der Waals surface area contributed by atoms with E-state index in [0.29, 0.717) is 0 Å². The van der Waals surface area contributed by atoms with Gasteiger partial charge >= 0.3 is 34.1 Å². The van der Waals surface area contributed by atoms with E-state index in [1.54, 1.807) is 45.8 Å². The van der Waals surface area contributed by atoms with Gasteiger partial charge in [-0.1, -0.05) is 24.3 Å². The molecule has 4 aromatic rings. The third-order valence-electron chi connectivity index (χ3n) is 2.89. The molecule has 186 valence electrons. The summed E-state index contributed by atoms with van der Waals surface area (Å²) < 4.78 is 0. The van der Waals surface area contributed by atoms with E-state index in [1.165, 1.54) is 69.6 Å². The molecular weight excluding hydrogens is 624 g/mol. The molecule has 8 nitrogen and oxygen atoms in total. The molecule has 2 radical (unpaired) electrons. The van der Waals surface area contributed by atoms with Crippen molar-refractivity contribution < 1.29 is 73.7 Å². The molecule has 0 aliphatic heterocycles. The second-order valence-electron chi connectivity index (χ2n) is 5.06. The molecule has 0 aliphatic carbocycles. The third kappa shape index (κ3) is 14.1. The predicted molar refractivity (Wildman–Crippen MR) is 115 cm³/mol. The molecule has 0 bridgehead atoms. The number of carboxylic acids is 4. The van der Waals surface area contributed by atoms with Gasteiger partial charge in [-0.25, -0.2) is 0 Å². The minimum Gasteiger partial charge on any atom is -0.544 e. The van der Waals surface area contributed by atoms with E-state index in [-0.39, 0.29) is 53.6 Å². The quantitative estimate of drug-likeness (QED) is 0.292. The van der Waals surface area contributed by atoms with E-state index < -0.39 is 23.9 Å². The zero-order valence-corrected chi connectivity index (χ0v) is 21.6. The molecule has 0 atom stereocenters. The Labute approximate surface area is 231 Å². The van der Waals surface area contributed by atoms with Gasteiger partial charge in [0.25, 0.3) is 0 Å². The Hall–Kier alpha value is -2.28. The fourth-order valence-corrected chi connectivity index (χ4v) is 3.81. The predicted octanol–water partition coefficient (Wildman–Crippen LogP) is 0.441. The van der Waals surface area contributed by atoms with Crippen LogP contribution in [0.1, 0.15) is 38.7 Å². The molecule has 4 aromatic heterocycles. The van der Waals surface area contributed by atoms with E-state index in [0.717, 1.165) is 0 Å². The minimum atomic E-state index is -1.10. The molecule has 0 fully saturated rings. The average Bonchev–Trinajstić information content (AvgIpc) is 3.56. The van der Waals surface area contributed by atoms with E-state index in [9.17, 15) is 39.6 Å². The van der Waals surface area contributed by atoms with Crippen molar-refractivity contribution in [2.45, 2.75) is 0 Å². The molecule has 4 rings (SSSR count). The molecule has 0 unspecified atom stereocenters. The van der Waals surface area contributed by atoms with Crippen LogP contribution in [0, 0.1) is 0 Å². The van der Waals surface area contributed by atoms with Crippen LogP contribution >= 0.6 is 45.3 Å². The van der Waals surface area contributed by atoms with Crippen LogP contribution in [0.2, 0.25) is 0 Å². The first kappa shape index (κ1) is 33.9. The standard InChI is InChI=1S/4C5H4O2S.2Cu/c4*6-5(7)4-2-1-3-8-4;;/h4*1-3H,(H,6,7);;/q;;;;2*+2/p-4. The zero-order valence-electron chi connectivity index (χ0n) is 16.4. The molecular formula is C20H12Cu2O8S4. The van der Waals surface area contributed by atoms with Gasteiger partial charge in [0.05, 0.1) is 23.9 Å². The number of aromatic carboxylic acids is 4. The molecule has 0 saturated carbocycles. The van der Waals surface area contributed by atoms with Crippen molar-refractivity contribution in [3.63, 3.8) is 0 Å². The second-order valence-corrected chi connectivity index (χ2v) is 8.85. The van der Waals surface area contributed by atoms with Crippen LogP contribution in [-0.4, -0.2) is 23.9 Å². The zero-order chi connectivity index (χ0) is 23.9. The van der Waals surface area contributed by atoms with Gasteiger partial charge in [0, 0.05) is 19.5 Å². The summed E-state index contributed by atoms with van der Waals surface area (Å²) in [5.41, 5.74) is 0. The Balaban J connectivity index is 0. The van der Waals surface area contributed by atoms with Crippen LogP contribution in [0.25, 0.3) is 0 Å². The van der Waals surface area contributed by atoms with Crippen LogP contribution in [0.4, 0.5) is 0 Å². The van der Waals surface area contributed by atoms with Crippen molar-refractivity contribution in [1.82, 2.24) is 0 Å². The molecule has 14 heteroatoms. The van der Waals surface area contributed by atoms with Crippen LogP contribution in [0.15, 0.2) is 70.1 Å². The SMILES string of the molecule is O=C([O-])c1cccs1.O=C([O-])c1cccs1.O=C([O-])c1cccs1.O=C([O-])c1cccs1.[Cu+2].[Cu+2]. The summed E-state index contributed by atoms with van der Waals surface area (Å²) in [6, 6.07) is 12.8. The van der Waals surface area contributed by atoms with Gasteiger partial charge in [0.1, 0.15) is 0 Å².